The smallest absolute Gasteiger partial charge is 0.237 e. The Morgan fingerprint density at radius 2 is 1.50 bits per heavy atom. The summed E-state index contributed by atoms with van der Waals surface area (Å²) in [4.78, 5) is -0.674. The predicted molar refractivity (Wildman–Crippen MR) is 67.0 cm³/mol. The van der Waals surface area contributed by atoms with Gasteiger partial charge in [-0.1, -0.05) is 18.2 Å². The van der Waals surface area contributed by atoms with Crippen molar-refractivity contribution in [1.29, 1.82) is 0 Å². The lowest BCUT2D eigenvalue weighted by molar-refractivity contribution is 0.354. The maximum absolute atomic E-state index is 14.4. The average molecular weight is 337 g/mol. The van der Waals surface area contributed by atoms with Crippen molar-refractivity contribution in [3.63, 3.8) is 0 Å². The summed E-state index contributed by atoms with van der Waals surface area (Å²) in [6.45, 7) is 0. The first-order valence-electron chi connectivity index (χ1n) is 5.73. The van der Waals surface area contributed by atoms with E-state index in [0.29, 0.717) is 0 Å². The topological polar surface area (TPSA) is 60.2 Å². The number of sulfonamides is 1. The highest BCUT2D eigenvalue weighted by Crippen LogP contribution is 2.34. The van der Waals surface area contributed by atoms with Crippen molar-refractivity contribution < 1.29 is 30.4 Å². The summed E-state index contributed by atoms with van der Waals surface area (Å²) >= 11 is 0. The summed E-state index contributed by atoms with van der Waals surface area (Å²) in [5.74, 6) is -8.03. The third-order valence-corrected chi connectivity index (χ3v) is 3.89. The van der Waals surface area contributed by atoms with Gasteiger partial charge in [0, 0.05) is 11.1 Å². The molecule has 2 rings (SSSR count). The van der Waals surface area contributed by atoms with Gasteiger partial charge in [-0.25, -0.2) is 35.5 Å². The van der Waals surface area contributed by atoms with E-state index in [4.69, 9.17) is 5.14 Å². The molecule has 0 radical (unpaired) electrons. The Morgan fingerprint density at radius 1 is 0.909 bits per heavy atom. The van der Waals surface area contributed by atoms with Crippen LogP contribution in [0.25, 0.3) is 0 Å². The zero-order chi connectivity index (χ0) is 16.7. The molecule has 0 spiro atoms. The molecular formula is C13H8F5NO2S. The summed E-state index contributed by atoms with van der Waals surface area (Å²) in [6, 6.07) is 4.50. The van der Waals surface area contributed by atoms with Gasteiger partial charge in [-0.2, -0.15) is 0 Å². The number of nitrogens with two attached hydrogens (primary N) is 1. The summed E-state index contributed by atoms with van der Waals surface area (Å²) < 4.78 is 89.9. The SMILES string of the molecule is NS(=O)(=O)c1ccccc1C(F)c1cc(F)c(F)c(F)c1F. The van der Waals surface area contributed by atoms with Gasteiger partial charge in [-0.05, 0) is 12.1 Å². The van der Waals surface area contributed by atoms with E-state index in [0.717, 1.165) is 12.1 Å². The Kier molecular flexibility index (Phi) is 4.21. The van der Waals surface area contributed by atoms with Crippen molar-refractivity contribution in [2.45, 2.75) is 11.1 Å². The van der Waals surface area contributed by atoms with Crippen LogP contribution in [0.4, 0.5) is 22.0 Å². The second-order valence-corrected chi connectivity index (χ2v) is 5.86. The second-order valence-electron chi connectivity index (χ2n) is 4.33. The van der Waals surface area contributed by atoms with Crippen molar-refractivity contribution in [2.24, 2.45) is 5.14 Å². The highest BCUT2D eigenvalue weighted by atomic mass is 32.2. The molecule has 0 bridgehead atoms. The van der Waals surface area contributed by atoms with Crippen LogP contribution >= 0.6 is 0 Å². The van der Waals surface area contributed by atoms with Crippen LogP contribution < -0.4 is 5.14 Å². The molecule has 0 aromatic heterocycles. The molecule has 0 amide bonds. The largest absolute Gasteiger partial charge is 0.238 e. The zero-order valence-electron chi connectivity index (χ0n) is 10.7. The highest BCUT2D eigenvalue weighted by Gasteiger charge is 2.28. The summed E-state index contributed by atoms with van der Waals surface area (Å²) in [7, 11) is -4.35. The highest BCUT2D eigenvalue weighted by molar-refractivity contribution is 7.89. The van der Waals surface area contributed by atoms with E-state index in [-0.39, 0.29) is 6.07 Å². The van der Waals surface area contributed by atoms with E-state index < -0.39 is 55.5 Å². The fraction of sp³-hybridized carbons (Fsp3) is 0.0769. The van der Waals surface area contributed by atoms with Crippen molar-refractivity contribution in [3.05, 3.63) is 64.7 Å². The summed E-state index contributed by atoms with van der Waals surface area (Å²) in [6.07, 6.45) is -2.56. The van der Waals surface area contributed by atoms with Crippen LogP contribution in [0.2, 0.25) is 0 Å². The molecule has 0 saturated heterocycles. The quantitative estimate of drug-likeness (QED) is 0.532. The van der Waals surface area contributed by atoms with E-state index in [2.05, 4.69) is 0 Å². The molecule has 0 saturated carbocycles. The van der Waals surface area contributed by atoms with Gasteiger partial charge in [0.25, 0.3) is 0 Å². The first-order chi connectivity index (χ1) is 10.1. The molecule has 0 heterocycles. The molecule has 0 aliphatic heterocycles. The lowest BCUT2D eigenvalue weighted by Crippen LogP contribution is -2.16. The van der Waals surface area contributed by atoms with Gasteiger partial charge in [-0.15, -0.1) is 0 Å². The molecule has 22 heavy (non-hydrogen) atoms. The van der Waals surface area contributed by atoms with Gasteiger partial charge in [0.15, 0.2) is 29.4 Å². The summed E-state index contributed by atoms with van der Waals surface area (Å²) in [5.41, 5.74) is -1.79. The lowest BCUT2D eigenvalue weighted by Gasteiger charge is -2.14. The predicted octanol–water partition coefficient (Wildman–Crippen LogP) is 2.95. The molecule has 0 aliphatic rings. The van der Waals surface area contributed by atoms with Gasteiger partial charge >= 0.3 is 0 Å². The van der Waals surface area contributed by atoms with E-state index in [1.807, 2.05) is 0 Å². The van der Waals surface area contributed by atoms with Crippen LogP contribution in [0, 0.1) is 23.3 Å². The maximum Gasteiger partial charge on any atom is 0.238 e. The van der Waals surface area contributed by atoms with Gasteiger partial charge < -0.3 is 0 Å². The Balaban J connectivity index is 2.67. The minimum atomic E-state index is -4.35. The molecule has 0 fully saturated rings. The molecule has 9 heteroatoms. The molecular weight excluding hydrogens is 329 g/mol. The normalized spacial score (nSPS) is 13.2. The summed E-state index contributed by atoms with van der Waals surface area (Å²) in [5, 5.41) is 4.90. The fourth-order valence-corrected chi connectivity index (χ4v) is 2.66. The first kappa shape index (κ1) is 16.4. The van der Waals surface area contributed by atoms with Crippen molar-refractivity contribution in [2.75, 3.05) is 0 Å². The first-order valence-corrected chi connectivity index (χ1v) is 7.28. The van der Waals surface area contributed by atoms with Crippen LogP contribution in [-0.4, -0.2) is 8.42 Å². The van der Waals surface area contributed by atoms with Crippen LogP contribution in [-0.2, 0) is 10.0 Å². The Morgan fingerprint density at radius 3 is 2.09 bits per heavy atom. The third kappa shape index (κ3) is 2.81. The Labute approximate surface area is 122 Å². The standard InChI is InChI=1S/C13H8F5NO2S/c14-8-5-7(11(16)13(18)12(8)17)10(15)6-3-1-2-4-9(6)22(19,20)21/h1-5,10H,(H2,19,20,21). The molecule has 2 N–H and O–H groups in total. The molecule has 3 nitrogen and oxygen atoms in total. The van der Waals surface area contributed by atoms with E-state index in [9.17, 15) is 30.4 Å². The van der Waals surface area contributed by atoms with Crippen LogP contribution in [0.5, 0.6) is 0 Å². The average Bonchev–Trinajstić information content (AvgIpc) is 2.47. The molecule has 1 unspecified atom stereocenters. The van der Waals surface area contributed by atoms with Crippen molar-refractivity contribution in [1.82, 2.24) is 0 Å². The van der Waals surface area contributed by atoms with E-state index >= 15 is 0 Å². The van der Waals surface area contributed by atoms with Gasteiger partial charge in [-0.3, -0.25) is 0 Å². The number of rotatable bonds is 3. The minimum Gasteiger partial charge on any atom is -0.237 e. The van der Waals surface area contributed by atoms with Crippen molar-refractivity contribution in [3.8, 4) is 0 Å². The van der Waals surface area contributed by atoms with Gasteiger partial charge in [0.05, 0.1) is 4.90 Å². The van der Waals surface area contributed by atoms with E-state index in [1.54, 1.807) is 0 Å². The van der Waals surface area contributed by atoms with Crippen molar-refractivity contribution >= 4 is 10.0 Å². The molecule has 0 aliphatic carbocycles. The molecule has 2 aromatic rings. The molecule has 118 valence electrons. The second kappa shape index (κ2) is 5.65. The van der Waals surface area contributed by atoms with Gasteiger partial charge in [0.2, 0.25) is 10.0 Å². The number of benzene rings is 2. The molecule has 2 aromatic carbocycles. The lowest BCUT2D eigenvalue weighted by atomic mass is 10.0. The number of hydrogen-bond donors (Lipinski definition) is 1. The number of halogens is 5. The minimum absolute atomic E-state index is 0.123. The van der Waals surface area contributed by atoms with Crippen LogP contribution in [0.3, 0.4) is 0 Å². The zero-order valence-corrected chi connectivity index (χ0v) is 11.5. The number of primary sulfonamides is 1. The maximum atomic E-state index is 14.4. The Hall–Kier alpha value is -2.00. The van der Waals surface area contributed by atoms with Crippen LogP contribution in [0.15, 0.2) is 35.2 Å². The monoisotopic (exact) mass is 337 g/mol. The number of alkyl halides is 1. The Bertz CT molecular complexity index is 839. The van der Waals surface area contributed by atoms with Crippen LogP contribution in [0.1, 0.15) is 17.3 Å². The molecule has 1 atom stereocenters. The van der Waals surface area contributed by atoms with E-state index in [1.165, 1.54) is 12.1 Å². The van der Waals surface area contributed by atoms with Gasteiger partial charge in [0.1, 0.15) is 0 Å². The fourth-order valence-electron chi connectivity index (χ4n) is 1.89. The number of hydrogen-bond acceptors (Lipinski definition) is 2. The third-order valence-electron chi connectivity index (χ3n) is 2.90.